The molecule has 30 heavy (non-hydrogen) atoms. The Morgan fingerprint density at radius 2 is 2.20 bits per heavy atom. The maximum absolute atomic E-state index is 12.6. The number of imidazole rings is 1. The summed E-state index contributed by atoms with van der Waals surface area (Å²) in [6.45, 7) is 1.61. The van der Waals surface area contributed by atoms with Crippen molar-refractivity contribution in [1.82, 2.24) is 14.9 Å². The minimum absolute atomic E-state index is 0.102. The van der Waals surface area contributed by atoms with Crippen molar-refractivity contribution in [2.75, 3.05) is 18.9 Å². The number of hydrogen-bond donors (Lipinski definition) is 3. The predicted molar refractivity (Wildman–Crippen MR) is 120 cm³/mol. The number of benzene rings is 2. The van der Waals surface area contributed by atoms with Crippen molar-refractivity contribution in [2.24, 2.45) is 5.73 Å². The molecule has 4 rings (SSSR count). The normalized spacial score (nSPS) is 17.4. The molecule has 156 valence electrons. The predicted octanol–water partition coefficient (Wildman–Crippen LogP) is 3.80. The van der Waals surface area contributed by atoms with Gasteiger partial charge in [0.25, 0.3) is 0 Å². The molecule has 1 aromatic heterocycles. The number of halogens is 2. The summed E-state index contributed by atoms with van der Waals surface area (Å²) >= 11 is 12.8. The number of nitrogens with two attached hydrogens (primary N) is 1. The lowest BCUT2D eigenvalue weighted by atomic mass is 9.84. The molecule has 0 aliphatic carbocycles. The van der Waals surface area contributed by atoms with Crippen LogP contribution in [0.4, 0.5) is 5.69 Å². The fourth-order valence-electron chi connectivity index (χ4n) is 3.92. The molecule has 3 aromatic rings. The number of nitrogens with zero attached hydrogens (tertiary/aromatic N) is 2. The average molecular weight is 444 g/mol. The van der Waals surface area contributed by atoms with Crippen molar-refractivity contribution in [3.8, 4) is 0 Å². The first-order valence-electron chi connectivity index (χ1n) is 9.70. The van der Waals surface area contributed by atoms with Gasteiger partial charge in [0.15, 0.2) is 0 Å². The lowest BCUT2D eigenvalue weighted by Crippen LogP contribution is -2.37. The lowest BCUT2D eigenvalue weighted by Gasteiger charge is -2.33. The first-order valence-corrected chi connectivity index (χ1v) is 10.5. The third-order valence-corrected chi connectivity index (χ3v) is 5.94. The summed E-state index contributed by atoms with van der Waals surface area (Å²) in [5.74, 6) is -0.139. The second-order valence-corrected chi connectivity index (χ2v) is 8.55. The molecule has 2 heterocycles. The van der Waals surface area contributed by atoms with Crippen molar-refractivity contribution in [2.45, 2.75) is 24.9 Å². The molecule has 0 radical (unpaired) electrons. The summed E-state index contributed by atoms with van der Waals surface area (Å²) in [4.78, 5) is 21.7. The Morgan fingerprint density at radius 3 is 2.97 bits per heavy atom. The number of amides is 1. The summed E-state index contributed by atoms with van der Waals surface area (Å²) in [6.07, 6.45) is 3.63. The molecular formula is C22H23Cl2N5O. The Labute approximate surface area is 185 Å². The number of likely N-dealkylation sites (N-methyl/N-ethyl adjacent to an activating group) is 1. The summed E-state index contributed by atoms with van der Waals surface area (Å²) in [6, 6.07) is 11.0. The molecule has 1 unspecified atom stereocenters. The van der Waals surface area contributed by atoms with Gasteiger partial charge in [-0.2, -0.15) is 0 Å². The minimum atomic E-state index is -0.673. The number of aromatic nitrogens is 2. The molecule has 0 saturated heterocycles. The van der Waals surface area contributed by atoms with Gasteiger partial charge in [-0.05, 0) is 48.0 Å². The second-order valence-electron chi connectivity index (χ2n) is 7.71. The van der Waals surface area contributed by atoms with Crippen LogP contribution in [0.5, 0.6) is 0 Å². The van der Waals surface area contributed by atoms with Gasteiger partial charge in [0.2, 0.25) is 5.91 Å². The number of H-pyrrole nitrogens is 1. The fraction of sp³-hybridized carbons (Fsp3) is 0.273. The van der Waals surface area contributed by atoms with E-state index in [9.17, 15) is 4.79 Å². The molecule has 1 amide bonds. The zero-order chi connectivity index (χ0) is 21.3. The molecule has 4 N–H and O–H groups in total. The van der Waals surface area contributed by atoms with Gasteiger partial charge in [0, 0.05) is 53.1 Å². The maximum Gasteiger partial charge on any atom is 0.241 e. The van der Waals surface area contributed by atoms with Crippen LogP contribution in [0.15, 0.2) is 48.9 Å². The number of anilines is 1. The van der Waals surface area contributed by atoms with Crippen molar-refractivity contribution >= 4 is 34.8 Å². The number of hydrogen-bond acceptors (Lipinski definition) is 4. The molecule has 0 bridgehead atoms. The van der Waals surface area contributed by atoms with Crippen molar-refractivity contribution < 1.29 is 4.79 Å². The van der Waals surface area contributed by atoms with E-state index >= 15 is 0 Å². The van der Waals surface area contributed by atoms with Gasteiger partial charge < -0.3 is 20.9 Å². The molecular weight excluding hydrogens is 421 g/mol. The van der Waals surface area contributed by atoms with E-state index in [1.54, 1.807) is 18.6 Å². The zero-order valence-electron chi connectivity index (χ0n) is 16.5. The Morgan fingerprint density at radius 1 is 1.37 bits per heavy atom. The van der Waals surface area contributed by atoms with Gasteiger partial charge in [-0.15, -0.1) is 0 Å². The van der Waals surface area contributed by atoms with Gasteiger partial charge >= 0.3 is 0 Å². The highest BCUT2D eigenvalue weighted by molar-refractivity contribution is 6.35. The van der Waals surface area contributed by atoms with Crippen LogP contribution in [0.1, 0.15) is 28.3 Å². The van der Waals surface area contributed by atoms with Crippen LogP contribution in [-0.2, 0) is 17.8 Å². The number of fused-ring (bicyclic) bond motifs is 1. The van der Waals surface area contributed by atoms with Crippen LogP contribution in [0.2, 0.25) is 10.0 Å². The number of carbonyl (C=O) groups is 1. The summed E-state index contributed by atoms with van der Waals surface area (Å²) < 4.78 is 0. The van der Waals surface area contributed by atoms with Crippen LogP contribution in [0, 0.1) is 0 Å². The highest BCUT2D eigenvalue weighted by Crippen LogP contribution is 2.38. The van der Waals surface area contributed by atoms with E-state index in [1.807, 2.05) is 24.3 Å². The van der Waals surface area contributed by atoms with E-state index in [0.29, 0.717) is 22.2 Å². The van der Waals surface area contributed by atoms with E-state index < -0.39 is 6.04 Å². The first kappa shape index (κ1) is 20.9. The molecule has 8 heteroatoms. The summed E-state index contributed by atoms with van der Waals surface area (Å²) in [7, 11) is 2.07. The van der Waals surface area contributed by atoms with Crippen LogP contribution in [-0.4, -0.2) is 40.4 Å². The average Bonchev–Trinajstić information content (AvgIpc) is 3.21. The molecule has 2 aromatic carbocycles. The van der Waals surface area contributed by atoms with Gasteiger partial charge in [0.1, 0.15) is 0 Å². The SMILES string of the molecule is CN1Cc2c(Cl)cc(Cl)cc2C(c2cccc(NC(=O)[C@@H](N)Cc3cnc[nH]3)c2)C1. The molecule has 0 saturated carbocycles. The van der Waals surface area contributed by atoms with E-state index in [2.05, 4.69) is 33.3 Å². The van der Waals surface area contributed by atoms with Gasteiger partial charge in [-0.3, -0.25) is 4.79 Å². The van der Waals surface area contributed by atoms with Crippen molar-refractivity contribution in [3.63, 3.8) is 0 Å². The quantitative estimate of drug-likeness (QED) is 0.559. The summed E-state index contributed by atoms with van der Waals surface area (Å²) in [5, 5.41) is 4.24. The first-order chi connectivity index (χ1) is 14.4. The minimum Gasteiger partial charge on any atom is -0.348 e. The van der Waals surface area contributed by atoms with E-state index in [-0.39, 0.29) is 11.8 Å². The Bertz CT molecular complexity index is 1050. The van der Waals surface area contributed by atoms with E-state index in [4.69, 9.17) is 28.9 Å². The molecule has 0 spiro atoms. The lowest BCUT2D eigenvalue weighted by molar-refractivity contribution is -0.117. The second kappa shape index (κ2) is 8.78. The third kappa shape index (κ3) is 4.52. The molecule has 1 aliphatic rings. The van der Waals surface area contributed by atoms with Crippen molar-refractivity contribution in [1.29, 1.82) is 0 Å². The standard InChI is InChI=1S/C22H23Cl2N5O/c1-29-10-18(17-6-14(23)7-20(24)19(17)11-29)13-3-2-4-15(5-13)28-22(30)21(25)8-16-9-26-12-27-16/h2-7,9,12,18,21H,8,10-11,25H2,1H3,(H,26,27)(H,28,30)/t18?,21-/m0/s1. The van der Waals surface area contributed by atoms with E-state index in [0.717, 1.165) is 35.5 Å². The Kier molecular flexibility index (Phi) is 6.11. The molecule has 1 aliphatic heterocycles. The largest absolute Gasteiger partial charge is 0.348 e. The summed E-state index contributed by atoms with van der Waals surface area (Å²) in [5.41, 5.74) is 10.9. The zero-order valence-corrected chi connectivity index (χ0v) is 18.0. The fourth-order valence-corrected chi connectivity index (χ4v) is 4.49. The van der Waals surface area contributed by atoms with Crippen LogP contribution < -0.4 is 11.1 Å². The van der Waals surface area contributed by atoms with Gasteiger partial charge in [-0.1, -0.05) is 35.3 Å². The highest BCUT2D eigenvalue weighted by atomic mass is 35.5. The van der Waals surface area contributed by atoms with Gasteiger partial charge in [0.05, 0.1) is 12.4 Å². The Balaban J connectivity index is 1.56. The topological polar surface area (TPSA) is 87.0 Å². The smallest absolute Gasteiger partial charge is 0.241 e. The molecule has 0 fully saturated rings. The number of nitrogens with one attached hydrogen (secondary N) is 2. The third-order valence-electron chi connectivity index (χ3n) is 5.38. The van der Waals surface area contributed by atoms with Crippen LogP contribution in [0.25, 0.3) is 0 Å². The van der Waals surface area contributed by atoms with Crippen molar-refractivity contribution in [3.05, 3.63) is 81.4 Å². The molecule has 6 nitrogen and oxygen atoms in total. The highest BCUT2D eigenvalue weighted by Gasteiger charge is 2.27. The van der Waals surface area contributed by atoms with Gasteiger partial charge in [-0.25, -0.2) is 4.98 Å². The molecule has 2 atom stereocenters. The van der Waals surface area contributed by atoms with Crippen LogP contribution >= 0.6 is 23.2 Å². The Hall–Kier alpha value is -2.38. The van der Waals surface area contributed by atoms with E-state index in [1.165, 1.54) is 0 Å². The van der Waals surface area contributed by atoms with Crippen LogP contribution in [0.3, 0.4) is 0 Å². The number of aromatic amines is 1. The maximum atomic E-state index is 12.6. The monoisotopic (exact) mass is 443 g/mol. The number of carbonyl (C=O) groups excluding carboxylic acids is 1. The number of rotatable bonds is 5.